The van der Waals surface area contributed by atoms with Crippen LogP contribution in [0.3, 0.4) is 0 Å². The molecule has 1 atom stereocenters. The Hall–Kier alpha value is -0.820. The molecule has 16 heavy (non-hydrogen) atoms. The zero-order chi connectivity index (χ0) is 12.2. The van der Waals surface area contributed by atoms with Crippen molar-refractivity contribution in [3.05, 3.63) is 0 Å². The van der Waals surface area contributed by atoms with Crippen molar-refractivity contribution >= 4 is 5.91 Å². The van der Waals surface area contributed by atoms with Gasteiger partial charge in [-0.1, -0.05) is 0 Å². The van der Waals surface area contributed by atoms with Gasteiger partial charge in [0.15, 0.2) is 5.41 Å². The van der Waals surface area contributed by atoms with Crippen molar-refractivity contribution in [2.45, 2.75) is 19.0 Å². The van der Waals surface area contributed by atoms with E-state index in [2.05, 4.69) is 10.6 Å². The molecule has 4 N–H and O–H groups in total. The molecule has 1 saturated heterocycles. The van der Waals surface area contributed by atoms with Gasteiger partial charge in [-0.15, -0.1) is 0 Å². The smallest absolute Gasteiger partial charge is 0.355 e. The number of hydrogen-bond donors (Lipinski definition) is 3. The Bertz CT molecular complexity index is 249. The van der Waals surface area contributed by atoms with Crippen LogP contribution in [-0.4, -0.2) is 38.3 Å². The van der Waals surface area contributed by atoms with Gasteiger partial charge in [-0.25, -0.2) is 0 Å². The van der Waals surface area contributed by atoms with Crippen LogP contribution >= 0.6 is 0 Å². The highest BCUT2D eigenvalue weighted by molar-refractivity contribution is 5.84. The summed E-state index contributed by atoms with van der Waals surface area (Å²) < 4.78 is 38.5. The molecule has 1 rings (SSSR count). The first-order chi connectivity index (χ1) is 7.44. The van der Waals surface area contributed by atoms with Crippen LogP contribution in [0.1, 0.15) is 12.8 Å². The highest BCUT2D eigenvalue weighted by atomic mass is 19.4. The van der Waals surface area contributed by atoms with Crippen molar-refractivity contribution in [2.75, 3.05) is 26.2 Å². The average molecular weight is 239 g/mol. The fourth-order valence-corrected chi connectivity index (χ4v) is 1.73. The topological polar surface area (TPSA) is 67.1 Å². The lowest BCUT2D eigenvalue weighted by Gasteiger charge is -2.29. The van der Waals surface area contributed by atoms with Crippen molar-refractivity contribution in [2.24, 2.45) is 11.1 Å². The molecule has 94 valence electrons. The minimum Gasteiger partial charge on any atom is -0.355 e. The third kappa shape index (κ3) is 2.46. The molecule has 1 aliphatic rings. The normalized spacial score (nSPS) is 25.8. The summed E-state index contributed by atoms with van der Waals surface area (Å²) in [7, 11) is 0. The van der Waals surface area contributed by atoms with Gasteiger partial charge in [0.2, 0.25) is 5.91 Å². The second-order valence-corrected chi connectivity index (χ2v) is 3.90. The minimum absolute atomic E-state index is 0.188. The lowest BCUT2D eigenvalue weighted by atomic mass is 9.85. The molecular weight excluding hydrogens is 223 g/mol. The molecule has 1 aliphatic heterocycles. The van der Waals surface area contributed by atoms with E-state index in [1.807, 2.05) is 0 Å². The van der Waals surface area contributed by atoms with E-state index in [9.17, 15) is 18.0 Å². The van der Waals surface area contributed by atoms with E-state index in [1.54, 1.807) is 0 Å². The van der Waals surface area contributed by atoms with Gasteiger partial charge in [0.05, 0.1) is 0 Å². The number of alkyl halides is 3. The van der Waals surface area contributed by atoms with Gasteiger partial charge in [0.25, 0.3) is 0 Å². The second-order valence-electron chi connectivity index (χ2n) is 3.90. The number of halogens is 3. The SMILES string of the molecule is NCCCNC(=O)C1(C(F)(F)F)CCNC1. The number of hydrogen-bond acceptors (Lipinski definition) is 3. The zero-order valence-electron chi connectivity index (χ0n) is 8.86. The van der Waals surface area contributed by atoms with E-state index >= 15 is 0 Å². The van der Waals surface area contributed by atoms with E-state index in [0.29, 0.717) is 13.0 Å². The summed E-state index contributed by atoms with van der Waals surface area (Å²) in [6.45, 7) is 0.402. The molecule has 1 unspecified atom stereocenters. The van der Waals surface area contributed by atoms with Gasteiger partial charge in [-0.3, -0.25) is 4.79 Å². The number of carbonyl (C=O) groups excluding carboxylic acids is 1. The first-order valence-corrected chi connectivity index (χ1v) is 5.20. The second kappa shape index (κ2) is 5.01. The Morgan fingerprint density at radius 3 is 2.62 bits per heavy atom. The molecule has 7 heteroatoms. The first kappa shape index (κ1) is 13.2. The van der Waals surface area contributed by atoms with E-state index in [1.165, 1.54) is 0 Å². The molecule has 0 aromatic rings. The fourth-order valence-electron chi connectivity index (χ4n) is 1.73. The summed E-state index contributed by atoms with van der Waals surface area (Å²) in [6, 6.07) is 0. The van der Waals surface area contributed by atoms with Crippen LogP contribution < -0.4 is 16.4 Å². The maximum Gasteiger partial charge on any atom is 0.404 e. The van der Waals surface area contributed by atoms with Gasteiger partial charge < -0.3 is 16.4 Å². The summed E-state index contributed by atoms with van der Waals surface area (Å²) in [5.74, 6) is -0.946. The number of amides is 1. The predicted molar refractivity (Wildman–Crippen MR) is 52.7 cm³/mol. The molecule has 1 amide bonds. The third-order valence-electron chi connectivity index (χ3n) is 2.80. The number of rotatable bonds is 4. The van der Waals surface area contributed by atoms with E-state index in [-0.39, 0.29) is 26.1 Å². The molecule has 0 spiro atoms. The Morgan fingerprint density at radius 1 is 1.50 bits per heavy atom. The highest BCUT2D eigenvalue weighted by Crippen LogP contribution is 2.43. The number of nitrogens with one attached hydrogen (secondary N) is 2. The first-order valence-electron chi connectivity index (χ1n) is 5.20. The van der Waals surface area contributed by atoms with Crippen molar-refractivity contribution < 1.29 is 18.0 Å². The molecule has 0 aromatic carbocycles. The van der Waals surface area contributed by atoms with Gasteiger partial charge in [-0.05, 0) is 25.9 Å². The number of carbonyl (C=O) groups is 1. The minimum atomic E-state index is -4.51. The molecule has 0 radical (unpaired) electrons. The summed E-state index contributed by atoms with van der Waals surface area (Å²) in [6.07, 6.45) is -4.23. The summed E-state index contributed by atoms with van der Waals surface area (Å²) in [4.78, 5) is 11.6. The van der Waals surface area contributed by atoms with Crippen LogP contribution in [0.15, 0.2) is 0 Å². The zero-order valence-corrected chi connectivity index (χ0v) is 8.86. The van der Waals surface area contributed by atoms with Crippen molar-refractivity contribution in [1.29, 1.82) is 0 Å². The Kier molecular flexibility index (Phi) is 4.15. The Labute approximate surface area is 91.8 Å². The van der Waals surface area contributed by atoms with Gasteiger partial charge in [-0.2, -0.15) is 13.2 Å². The summed E-state index contributed by atoms with van der Waals surface area (Å²) >= 11 is 0. The summed E-state index contributed by atoms with van der Waals surface area (Å²) in [5.41, 5.74) is 2.94. The standard InChI is InChI=1S/C9H16F3N3O/c10-9(11,12)8(2-5-14-6-8)7(16)15-4-1-3-13/h14H,1-6,13H2,(H,15,16). The molecule has 4 nitrogen and oxygen atoms in total. The van der Waals surface area contributed by atoms with Crippen LogP contribution in [0.25, 0.3) is 0 Å². The van der Waals surface area contributed by atoms with Crippen LogP contribution in [0, 0.1) is 5.41 Å². The Morgan fingerprint density at radius 2 is 2.19 bits per heavy atom. The van der Waals surface area contributed by atoms with Gasteiger partial charge in [0, 0.05) is 13.1 Å². The molecular formula is C9H16F3N3O. The van der Waals surface area contributed by atoms with Crippen molar-refractivity contribution in [3.63, 3.8) is 0 Å². The monoisotopic (exact) mass is 239 g/mol. The molecule has 0 bridgehead atoms. The van der Waals surface area contributed by atoms with Crippen LogP contribution in [0.5, 0.6) is 0 Å². The van der Waals surface area contributed by atoms with E-state index in [4.69, 9.17) is 5.73 Å². The van der Waals surface area contributed by atoms with Crippen molar-refractivity contribution in [1.82, 2.24) is 10.6 Å². The fraction of sp³-hybridized carbons (Fsp3) is 0.889. The molecule has 0 aliphatic carbocycles. The van der Waals surface area contributed by atoms with Crippen LogP contribution in [-0.2, 0) is 4.79 Å². The van der Waals surface area contributed by atoms with E-state index < -0.39 is 17.5 Å². The third-order valence-corrected chi connectivity index (χ3v) is 2.80. The van der Waals surface area contributed by atoms with Gasteiger partial charge >= 0.3 is 6.18 Å². The molecule has 1 fully saturated rings. The highest BCUT2D eigenvalue weighted by Gasteiger charge is 2.61. The van der Waals surface area contributed by atoms with Crippen LogP contribution in [0.2, 0.25) is 0 Å². The van der Waals surface area contributed by atoms with Gasteiger partial charge in [0.1, 0.15) is 0 Å². The van der Waals surface area contributed by atoms with Crippen molar-refractivity contribution in [3.8, 4) is 0 Å². The van der Waals surface area contributed by atoms with Crippen LogP contribution in [0.4, 0.5) is 13.2 Å². The Balaban J connectivity index is 2.67. The predicted octanol–water partition coefficient (Wildman–Crippen LogP) is -0.00660. The molecule has 1 heterocycles. The number of nitrogens with two attached hydrogens (primary N) is 1. The summed E-state index contributed by atoms with van der Waals surface area (Å²) in [5, 5.41) is 4.88. The lowest BCUT2D eigenvalue weighted by Crippen LogP contribution is -2.52. The maximum atomic E-state index is 12.8. The lowest BCUT2D eigenvalue weighted by molar-refractivity contribution is -0.215. The molecule has 0 aromatic heterocycles. The average Bonchev–Trinajstić information content (AvgIpc) is 2.66. The maximum absolute atomic E-state index is 12.8. The quantitative estimate of drug-likeness (QED) is 0.605. The molecule has 0 saturated carbocycles. The largest absolute Gasteiger partial charge is 0.404 e. The van der Waals surface area contributed by atoms with E-state index in [0.717, 1.165) is 0 Å².